The van der Waals surface area contributed by atoms with E-state index in [2.05, 4.69) is 15.3 Å². The number of amides is 1. The van der Waals surface area contributed by atoms with E-state index in [4.69, 9.17) is 10.3 Å². The maximum atomic E-state index is 13.0. The van der Waals surface area contributed by atoms with E-state index in [1.165, 1.54) is 12.1 Å². The average molecular weight is 294 g/mol. The molecule has 1 aromatic rings. The highest BCUT2D eigenvalue weighted by Gasteiger charge is 2.20. The number of carbonyl (C=O) groups is 1. The summed E-state index contributed by atoms with van der Waals surface area (Å²) in [6.45, 7) is 5.51. The minimum Gasteiger partial charge on any atom is -0.444 e. The van der Waals surface area contributed by atoms with Gasteiger partial charge in [-0.3, -0.25) is 0 Å². The molecule has 1 aromatic carbocycles. The van der Waals surface area contributed by atoms with E-state index in [-0.39, 0.29) is 12.4 Å². The van der Waals surface area contributed by atoms with Crippen LogP contribution in [0.5, 0.6) is 0 Å². The fourth-order valence-electron chi connectivity index (χ4n) is 1.70. The van der Waals surface area contributed by atoms with E-state index >= 15 is 0 Å². The van der Waals surface area contributed by atoms with Crippen molar-refractivity contribution in [3.05, 3.63) is 46.1 Å². The van der Waals surface area contributed by atoms with Crippen LogP contribution in [-0.2, 0) is 4.74 Å². The Morgan fingerprint density at radius 3 is 2.57 bits per heavy atom. The lowest BCUT2D eigenvalue weighted by Crippen LogP contribution is -2.35. The number of nitrogens with one attached hydrogen (secondary N) is 1. The molecule has 1 amide bonds. The van der Waals surface area contributed by atoms with Crippen molar-refractivity contribution in [2.75, 3.05) is 6.54 Å². The van der Waals surface area contributed by atoms with Gasteiger partial charge in [0.1, 0.15) is 11.4 Å². The van der Waals surface area contributed by atoms with Crippen LogP contribution >= 0.6 is 0 Å². The third-order valence-corrected chi connectivity index (χ3v) is 2.54. The van der Waals surface area contributed by atoms with Crippen LogP contribution in [0.25, 0.3) is 10.4 Å². The van der Waals surface area contributed by atoms with Crippen LogP contribution in [0.1, 0.15) is 38.8 Å². The number of alkyl carbamates (subject to hydrolysis) is 1. The van der Waals surface area contributed by atoms with Crippen LogP contribution < -0.4 is 5.32 Å². The molecule has 7 heteroatoms. The quantitative estimate of drug-likeness (QED) is 0.503. The summed E-state index contributed by atoms with van der Waals surface area (Å²) in [6.07, 6.45) is -0.174. The number of halogens is 1. The molecule has 21 heavy (non-hydrogen) atoms. The summed E-state index contributed by atoms with van der Waals surface area (Å²) in [6, 6.07) is 5.37. The van der Waals surface area contributed by atoms with Crippen LogP contribution in [0.2, 0.25) is 0 Å². The second-order valence-corrected chi connectivity index (χ2v) is 5.49. The molecule has 114 valence electrons. The normalized spacial score (nSPS) is 12.2. The van der Waals surface area contributed by atoms with Crippen molar-refractivity contribution in [1.82, 2.24) is 5.32 Å². The number of rotatable bonds is 5. The minimum atomic E-state index is -0.609. The Kier molecular flexibility index (Phi) is 5.99. The molecule has 0 aliphatic rings. The minimum absolute atomic E-state index is 0.217. The zero-order valence-electron chi connectivity index (χ0n) is 12.3. The molecule has 0 spiro atoms. The number of ether oxygens (including phenoxy) is 1. The fraction of sp³-hybridized carbons (Fsp3) is 0.500. The number of nitrogens with zero attached hydrogens (tertiary/aromatic N) is 3. The summed E-state index contributed by atoms with van der Waals surface area (Å²) < 4.78 is 18.2. The molecule has 0 saturated heterocycles. The molecule has 0 aliphatic heterocycles. The van der Waals surface area contributed by atoms with Gasteiger partial charge in [0.2, 0.25) is 0 Å². The number of azide groups is 1. The molecule has 0 radical (unpaired) electrons. The lowest BCUT2D eigenvalue weighted by atomic mass is 10.0. The summed E-state index contributed by atoms with van der Waals surface area (Å²) in [5, 5.41) is 6.15. The first-order chi connectivity index (χ1) is 9.81. The number of benzene rings is 1. The van der Waals surface area contributed by atoms with E-state index in [1.807, 2.05) is 0 Å². The maximum Gasteiger partial charge on any atom is 0.408 e. The highest BCUT2D eigenvalue weighted by molar-refractivity contribution is 5.68. The van der Waals surface area contributed by atoms with Gasteiger partial charge in [-0.1, -0.05) is 17.2 Å². The standard InChI is InChI=1S/C14H19FN4O2/c1-14(2,3)21-13(20)18-12(8-9-17-19-16)10-4-6-11(15)7-5-10/h4-7,12H,8-9H2,1-3H3,(H,18,20). The molecule has 6 nitrogen and oxygen atoms in total. The Bertz CT molecular complexity index is 519. The summed E-state index contributed by atoms with van der Waals surface area (Å²) >= 11 is 0. The average Bonchev–Trinajstić information content (AvgIpc) is 2.36. The van der Waals surface area contributed by atoms with Gasteiger partial charge in [-0.15, -0.1) is 0 Å². The van der Waals surface area contributed by atoms with E-state index in [9.17, 15) is 9.18 Å². The van der Waals surface area contributed by atoms with Crippen molar-refractivity contribution in [3.8, 4) is 0 Å². The lowest BCUT2D eigenvalue weighted by molar-refractivity contribution is 0.0501. The molecule has 1 N–H and O–H groups in total. The topological polar surface area (TPSA) is 87.1 Å². The van der Waals surface area contributed by atoms with Crippen LogP contribution in [-0.4, -0.2) is 18.2 Å². The van der Waals surface area contributed by atoms with Gasteiger partial charge in [0.05, 0.1) is 6.04 Å². The van der Waals surface area contributed by atoms with Gasteiger partial charge in [0, 0.05) is 11.5 Å². The Balaban J connectivity index is 2.79. The van der Waals surface area contributed by atoms with Crippen LogP contribution in [0.3, 0.4) is 0 Å². The van der Waals surface area contributed by atoms with Crippen molar-refractivity contribution in [3.63, 3.8) is 0 Å². The Morgan fingerprint density at radius 1 is 1.43 bits per heavy atom. The second-order valence-electron chi connectivity index (χ2n) is 5.49. The Morgan fingerprint density at radius 2 is 2.05 bits per heavy atom. The van der Waals surface area contributed by atoms with Gasteiger partial charge in [0.25, 0.3) is 0 Å². The molecule has 0 heterocycles. The first-order valence-corrected chi connectivity index (χ1v) is 6.57. The largest absolute Gasteiger partial charge is 0.444 e. The molecule has 1 atom stereocenters. The lowest BCUT2D eigenvalue weighted by Gasteiger charge is -2.23. The fourth-order valence-corrected chi connectivity index (χ4v) is 1.70. The van der Waals surface area contributed by atoms with Gasteiger partial charge in [-0.05, 0) is 50.4 Å². The molecule has 1 rings (SSSR count). The molecule has 0 bridgehead atoms. The predicted octanol–water partition coefficient (Wildman–Crippen LogP) is 4.09. The highest BCUT2D eigenvalue weighted by atomic mass is 19.1. The third-order valence-electron chi connectivity index (χ3n) is 2.54. The SMILES string of the molecule is CC(C)(C)OC(=O)NC(CCN=[N+]=[N-])c1ccc(F)cc1. The van der Waals surface area contributed by atoms with Crippen LogP contribution in [0.15, 0.2) is 29.4 Å². The van der Waals surface area contributed by atoms with Crippen molar-refractivity contribution in [1.29, 1.82) is 0 Å². The second kappa shape index (κ2) is 7.50. The summed E-state index contributed by atoms with van der Waals surface area (Å²) in [7, 11) is 0. The number of hydrogen-bond donors (Lipinski definition) is 1. The Labute approximate surface area is 122 Å². The summed E-state index contributed by atoms with van der Waals surface area (Å²) in [5.41, 5.74) is 8.43. The van der Waals surface area contributed by atoms with Gasteiger partial charge >= 0.3 is 6.09 Å². The van der Waals surface area contributed by atoms with Crippen LogP contribution in [0.4, 0.5) is 9.18 Å². The molecular formula is C14H19FN4O2. The monoisotopic (exact) mass is 294 g/mol. The third kappa shape index (κ3) is 6.63. The van der Waals surface area contributed by atoms with E-state index in [0.717, 1.165) is 5.56 Å². The summed E-state index contributed by atoms with van der Waals surface area (Å²) in [5.74, 6) is -0.357. The van der Waals surface area contributed by atoms with Gasteiger partial charge in [-0.2, -0.15) is 0 Å². The zero-order chi connectivity index (χ0) is 15.9. The summed E-state index contributed by atoms with van der Waals surface area (Å²) in [4.78, 5) is 14.5. The van der Waals surface area contributed by atoms with Gasteiger partial charge < -0.3 is 10.1 Å². The van der Waals surface area contributed by atoms with Crippen LogP contribution in [0, 0.1) is 5.82 Å². The van der Waals surface area contributed by atoms with Crippen molar-refractivity contribution in [2.24, 2.45) is 5.11 Å². The first-order valence-electron chi connectivity index (χ1n) is 6.57. The molecule has 0 aliphatic carbocycles. The number of carbonyl (C=O) groups excluding carboxylic acids is 1. The van der Waals surface area contributed by atoms with E-state index < -0.39 is 17.7 Å². The molecule has 0 saturated carbocycles. The Hall–Kier alpha value is -2.27. The van der Waals surface area contributed by atoms with E-state index in [1.54, 1.807) is 32.9 Å². The van der Waals surface area contributed by atoms with Crippen molar-refractivity contribution >= 4 is 6.09 Å². The van der Waals surface area contributed by atoms with Crippen molar-refractivity contribution < 1.29 is 13.9 Å². The smallest absolute Gasteiger partial charge is 0.408 e. The first kappa shape index (κ1) is 16.8. The van der Waals surface area contributed by atoms with Gasteiger partial charge in [0.15, 0.2) is 0 Å². The zero-order valence-corrected chi connectivity index (χ0v) is 12.3. The maximum absolute atomic E-state index is 13.0. The number of hydrogen-bond acceptors (Lipinski definition) is 3. The molecule has 0 aromatic heterocycles. The van der Waals surface area contributed by atoms with Gasteiger partial charge in [-0.25, -0.2) is 9.18 Å². The molecule has 1 unspecified atom stereocenters. The van der Waals surface area contributed by atoms with E-state index in [0.29, 0.717) is 6.42 Å². The molecule has 0 fully saturated rings. The highest BCUT2D eigenvalue weighted by Crippen LogP contribution is 2.18. The molecular weight excluding hydrogens is 275 g/mol. The van der Waals surface area contributed by atoms with Crippen molar-refractivity contribution in [2.45, 2.75) is 38.8 Å². The predicted molar refractivity (Wildman–Crippen MR) is 77.1 cm³/mol.